The van der Waals surface area contributed by atoms with E-state index in [1.54, 1.807) is 12.4 Å². The standard InChI is InChI=1S/C24H18N4/c1-2-17(19-4-6-21(13-19)23-8-10-25-27-15-23)12-18(3-1)20-5-7-22(14-20)24-9-11-26-28-16-24/h1-12,15-16H,13-14H2. The molecule has 0 bridgehead atoms. The summed E-state index contributed by atoms with van der Waals surface area (Å²) in [7, 11) is 0. The van der Waals surface area contributed by atoms with E-state index in [-0.39, 0.29) is 0 Å². The number of aromatic nitrogens is 4. The first-order valence-corrected chi connectivity index (χ1v) is 9.31. The molecule has 0 fully saturated rings. The van der Waals surface area contributed by atoms with Gasteiger partial charge in [-0.15, -0.1) is 0 Å². The fraction of sp³-hybridized carbons (Fsp3) is 0.0833. The zero-order chi connectivity index (χ0) is 18.8. The second kappa shape index (κ2) is 7.16. The third-order valence-electron chi connectivity index (χ3n) is 5.25. The molecule has 4 nitrogen and oxygen atoms in total. The molecule has 2 aliphatic carbocycles. The van der Waals surface area contributed by atoms with Crippen molar-refractivity contribution in [3.8, 4) is 0 Å². The van der Waals surface area contributed by atoms with Crippen LogP contribution in [0, 0.1) is 0 Å². The number of rotatable bonds is 4. The summed E-state index contributed by atoms with van der Waals surface area (Å²) < 4.78 is 0. The van der Waals surface area contributed by atoms with Gasteiger partial charge in [-0.1, -0.05) is 42.5 Å². The van der Waals surface area contributed by atoms with Gasteiger partial charge in [0.25, 0.3) is 0 Å². The normalized spacial score (nSPS) is 15.7. The highest BCUT2D eigenvalue weighted by Crippen LogP contribution is 2.37. The lowest BCUT2D eigenvalue weighted by Gasteiger charge is -2.10. The zero-order valence-electron chi connectivity index (χ0n) is 15.3. The maximum Gasteiger partial charge on any atom is 0.0571 e. The fourth-order valence-corrected chi connectivity index (χ4v) is 3.72. The predicted molar refractivity (Wildman–Crippen MR) is 112 cm³/mol. The Hall–Kier alpha value is -3.66. The van der Waals surface area contributed by atoms with Crippen LogP contribution in [0.2, 0.25) is 0 Å². The second-order valence-electron chi connectivity index (χ2n) is 6.96. The van der Waals surface area contributed by atoms with Gasteiger partial charge in [-0.05, 0) is 75.6 Å². The number of benzene rings is 1. The van der Waals surface area contributed by atoms with Crippen LogP contribution in [0.4, 0.5) is 0 Å². The minimum absolute atomic E-state index is 0.917. The van der Waals surface area contributed by atoms with E-state index in [0.29, 0.717) is 0 Å². The Balaban J connectivity index is 1.32. The maximum absolute atomic E-state index is 3.99. The van der Waals surface area contributed by atoms with Crippen LogP contribution >= 0.6 is 0 Å². The first-order valence-electron chi connectivity index (χ1n) is 9.31. The smallest absolute Gasteiger partial charge is 0.0571 e. The molecule has 0 aliphatic heterocycles. The van der Waals surface area contributed by atoms with E-state index in [9.17, 15) is 0 Å². The van der Waals surface area contributed by atoms with Crippen LogP contribution in [0.15, 0.2) is 85.5 Å². The zero-order valence-corrected chi connectivity index (χ0v) is 15.3. The van der Waals surface area contributed by atoms with Crippen molar-refractivity contribution in [2.24, 2.45) is 0 Å². The topological polar surface area (TPSA) is 51.6 Å². The van der Waals surface area contributed by atoms with Crippen molar-refractivity contribution in [1.29, 1.82) is 0 Å². The van der Waals surface area contributed by atoms with Gasteiger partial charge in [0.1, 0.15) is 0 Å². The summed E-state index contributed by atoms with van der Waals surface area (Å²) in [5.41, 5.74) is 10.0. The van der Waals surface area contributed by atoms with E-state index in [1.165, 1.54) is 33.4 Å². The molecular weight excluding hydrogens is 344 g/mol. The molecule has 4 heteroatoms. The summed E-state index contributed by atoms with van der Waals surface area (Å²) in [6.45, 7) is 0. The molecule has 134 valence electrons. The van der Waals surface area contributed by atoms with Crippen molar-refractivity contribution in [3.05, 3.63) is 108 Å². The van der Waals surface area contributed by atoms with Crippen molar-refractivity contribution < 1.29 is 0 Å². The van der Waals surface area contributed by atoms with E-state index in [2.05, 4.69) is 69.0 Å². The Morgan fingerprint density at radius 1 is 0.500 bits per heavy atom. The van der Waals surface area contributed by atoms with Crippen molar-refractivity contribution in [3.63, 3.8) is 0 Å². The molecule has 0 atom stereocenters. The van der Waals surface area contributed by atoms with E-state index >= 15 is 0 Å². The number of allylic oxidation sites excluding steroid dienone is 8. The summed E-state index contributed by atoms with van der Waals surface area (Å²) in [6.07, 6.45) is 17.8. The van der Waals surface area contributed by atoms with E-state index in [1.807, 2.05) is 24.5 Å². The minimum atomic E-state index is 0.917. The van der Waals surface area contributed by atoms with E-state index < -0.39 is 0 Å². The Bertz CT molecular complexity index is 1050. The Morgan fingerprint density at radius 2 is 0.964 bits per heavy atom. The number of nitrogens with zero attached hydrogens (tertiary/aromatic N) is 4. The first-order chi connectivity index (χ1) is 13.9. The highest BCUT2D eigenvalue weighted by atomic mass is 15.1. The second-order valence-corrected chi connectivity index (χ2v) is 6.96. The van der Waals surface area contributed by atoms with Gasteiger partial charge >= 0.3 is 0 Å². The van der Waals surface area contributed by atoms with Crippen LogP contribution in [0.5, 0.6) is 0 Å². The van der Waals surface area contributed by atoms with Crippen LogP contribution in [0.3, 0.4) is 0 Å². The van der Waals surface area contributed by atoms with E-state index in [4.69, 9.17) is 0 Å². The molecular formula is C24H18N4. The molecule has 2 heterocycles. The Labute approximate surface area is 163 Å². The average Bonchev–Trinajstić information content (AvgIpc) is 3.46. The van der Waals surface area contributed by atoms with Crippen molar-refractivity contribution >= 4 is 22.3 Å². The predicted octanol–water partition coefficient (Wildman–Crippen LogP) is 5.01. The van der Waals surface area contributed by atoms with Gasteiger partial charge in [-0.25, -0.2) is 0 Å². The van der Waals surface area contributed by atoms with Crippen LogP contribution in [-0.2, 0) is 0 Å². The average molecular weight is 362 g/mol. The van der Waals surface area contributed by atoms with Crippen LogP contribution in [0.25, 0.3) is 22.3 Å². The molecule has 0 saturated carbocycles. The molecule has 2 aromatic heterocycles. The SMILES string of the molecule is C1=C(c2ccnnc2)CC(c2cccc(C3=CC=C(c4ccnnc4)C3)c2)=C1. The highest BCUT2D eigenvalue weighted by molar-refractivity contribution is 5.89. The van der Waals surface area contributed by atoms with Crippen LogP contribution in [-0.4, -0.2) is 20.4 Å². The maximum atomic E-state index is 3.99. The molecule has 3 aromatic rings. The molecule has 0 amide bonds. The molecule has 0 N–H and O–H groups in total. The summed E-state index contributed by atoms with van der Waals surface area (Å²) in [4.78, 5) is 0. The van der Waals surface area contributed by atoms with E-state index in [0.717, 1.165) is 24.0 Å². The summed E-state index contributed by atoms with van der Waals surface area (Å²) >= 11 is 0. The lowest BCUT2D eigenvalue weighted by Crippen LogP contribution is -1.90. The number of hydrogen-bond acceptors (Lipinski definition) is 4. The lowest BCUT2D eigenvalue weighted by molar-refractivity contribution is 1.02. The minimum Gasteiger partial charge on any atom is -0.159 e. The van der Waals surface area contributed by atoms with Crippen molar-refractivity contribution in [2.75, 3.05) is 0 Å². The van der Waals surface area contributed by atoms with Gasteiger partial charge in [0.15, 0.2) is 0 Å². The molecule has 1 aromatic carbocycles. The van der Waals surface area contributed by atoms with Gasteiger partial charge in [-0.3, -0.25) is 0 Å². The molecule has 0 unspecified atom stereocenters. The molecule has 0 radical (unpaired) electrons. The quantitative estimate of drug-likeness (QED) is 0.655. The molecule has 0 spiro atoms. The first kappa shape index (κ1) is 16.5. The largest absolute Gasteiger partial charge is 0.159 e. The van der Waals surface area contributed by atoms with Crippen molar-refractivity contribution in [2.45, 2.75) is 12.8 Å². The monoisotopic (exact) mass is 362 g/mol. The van der Waals surface area contributed by atoms with Gasteiger partial charge in [0.2, 0.25) is 0 Å². The number of hydrogen-bond donors (Lipinski definition) is 0. The Kier molecular flexibility index (Phi) is 4.22. The molecule has 0 saturated heterocycles. The molecule has 28 heavy (non-hydrogen) atoms. The third-order valence-corrected chi connectivity index (χ3v) is 5.25. The van der Waals surface area contributed by atoms with Gasteiger partial charge in [0.05, 0.1) is 24.8 Å². The summed E-state index contributed by atoms with van der Waals surface area (Å²) in [6, 6.07) is 12.8. The van der Waals surface area contributed by atoms with Crippen LogP contribution < -0.4 is 0 Å². The summed E-state index contributed by atoms with van der Waals surface area (Å²) in [5.74, 6) is 0. The van der Waals surface area contributed by atoms with Crippen LogP contribution in [0.1, 0.15) is 35.1 Å². The van der Waals surface area contributed by atoms with Crippen molar-refractivity contribution in [1.82, 2.24) is 20.4 Å². The highest BCUT2D eigenvalue weighted by Gasteiger charge is 2.15. The summed E-state index contributed by atoms with van der Waals surface area (Å²) in [5, 5.41) is 15.7. The third kappa shape index (κ3) is 3.21. The molecule has 5 rings (SSSR count). The van der Waals surface area contributed by atoms with Gasteiger partial charge in [-0.2, -0.15) is 20.4 Å². The lowest BCUT2D eigenvalue weighted by atomic mass is 9.95. The van der Waals surface area contributed by atoms with Gasteiger partial charge < -0.3 is 0 Å². The van der Waals surface area contributed by atoms with Gasteiger partial charge in [0, 0.05) is 0 Å². The molecule has 2 aliphatic rings. The fourth-order valence-electron chi connectivity index (χ4n) is 3.72. The Morgan fingerprint density at radius 3 is 1.39 bits per heavy atom.